The molecular formula is C20H30N2O7S. The third-order valence-corrected chi connectivity index (χ3v) is 5.42. The standard InChI is InChI=1S/C20H30N2O7S/c1-20(19(24)29-6-5-21)14-30-18(22-20)16-4-3-15(13-17(16)23)28-12-11-27-10-9-26-8-7-25-2/h3-4,13,23H,5-12,14,21H2,1-2H3. The van der Waals surface area contributed by atoms with Crippen LogP contribution in [0.2, 0.25) is 0 Å². The van der Waals surface area contributed by atoms with E-state index in [4.69, 9.17) is 29.4 Å². The Bertz CT molecular complexity index is 716. The largest absolute Gasteiger partial charge is 0.507 e. The predicted octanol–water partition coefficient (Wildman–Crippen LogP) is 1.20. The van der Waals surface area contributed by atoms with E-state index in [0.717, 1.165) is 0 Å². The number of nitrogens with two attached hydrogens (primary N) is 1. The Kier molecular flexibility index (Phi) is 10.4. The van der Waals surface area contributed by atoms with Crippen LogP contribution in [0.5, 0.6) is 11.5 Å². The van der Waals surface area contributed by atoms with E-state index in [2.05, 4.69) is 4.99 Å². The zero-order valence-corrected chi connectivity index (χ0v) is 18.2. The number of aliphatic imine (C=N–C) groups is 1. The number of nitrogens with zero attached hydrogens (tertiary/aromatic N) is 1. The molecule has 1 atom stereocenters. The predicted molar refractivity (Wildman–Crippen MR) is 115 cm³/mol. The van der Waals surface area contributed by atoms with Crippen molar-refractivity contribution >= 4 is 22.8 Å². The molecule has 1 aliphatic rings. The normalized spacial score (nSPS) is 18.3. The van der Waals surface area contributed by atoms with Crippen molar-refractivity contribution in [2.75, 3.05) is 65.7 Å². The molecule has 10 heteroatoms. The Morgan fingerprint density at radius 2 is 1.87 bits per heavy atom. The summed E-state index contributed by atoms with van der Waals surface area (Å²) in [5, 5.41) is 11.0. The molecule has 9 nitrogen and oxygen atoms in total. The van der Waals surface area contributed by atoms with Gasteiger partial charge in [-0.15, -0.1) is 11.8 Å². The second-order valence-electron chi connectivity index (χ2n) is 6.65. The fourth-order valence-electron chi connectivity index (χ4n) is 2.51. The van der Waals surface area contributed by atoms with E-state index in [0.29, 0.717) is 61.8 Å². The van der Waals surface area contributed by atoms with Gasteiger partial charge in [-0.2, -0.15) is 0 Å². The van der Waals surface area contributed by atoms with Crippen LogP contribution in [0.25, 0.3) is 0 Å². The molecule has 0 spiro atoms. The smallest absolute Gasteiger partial charge is 0.334 e. The number of phenolic OH excluding ortho intramolecular Hbond substituents is 1. The van der Waals surface area contributed by atoms with Crippen LogP contribution in [0, 0.1) is 0 Å². The Balaban J connectivity index is 1.80. The Labute approximate surface area is 180 Å². The molecule has 0 saturated heterocycles. The Hall–Kier alpha value is -1.85. The van der Waals surface area contributed by atoms with Crippen molar-refractivity contribution in [2.24, 2.45) is 10.7 Å². The van der Waals surface area contributed by atoms with E-state index in [1.54, 1.807) is 26.2 Å². The summed E-state index contributed by atoms with van der Waals surface area (Å²) in [7, 11) is 1.62. The fraction of sp³-hybridized carbons (Fsp3) is 0.600. The van der Waals surface area contributed by atoms with Crippen LogP contribution >= 0.6 is 11.8 Å². The highest BCUT2D eigenvalue weighted by molar-refractivity contribution is 8.14. The lowest BCUT2D eigenvalue weighted by molar-refractivity contribution is -0.148. The highest BCUT2D eigenvalue weighted by Crippen LogP contribution is 2.35. The van der Waals surface area contributed by atoms with Gasteiger partial charge in [0.2, 0.25) is 0 Å². The first-order chi connectivity index (χ1) is 14.5. The fourth-order valence-corrected chi connectivity index (χ4v) is 3.71. The van der Waals surface area contributed by atoms with Gasteiger partial charge in [0.1, 0.15) is 29.8 Å². The molecule has 0 radical (unpaired) electrons. The number of hydrogen-bond acceptors (Lipinski definition) is 10. The lowest BCUT2D eigenvalue weighted by Gasteiger charge is -2.17. The number of ether oxygens (including phenoxy) is 5. The van der Waals surface area contributed by atoms with Crippen LogP contribution in [-0.2, 0) is 23.7 Å². The van der Waals surface area contributed by atoms with Gasteiger partial charge in [0, 0.05) is 31.0 Å². The number of carbonyl (C=O) groups excluding carboxylic acids is 1. The number of rotatable bonds is 14. The topological polar surface area (TPSA) is 122 Å². The van der Waals surface area contributed by atoms with Gasteiger partial charge in [0.25, 0.3) is 0 Å². The van der Waals surface area contributed by atoms with E-state index in [1.165, 1.54) is 17.8 Å². The van der Waals surface area contributed by atoms with Gasteiger partial charge >= 0.3 is 5.97 Å². The zero-order valence-electron chi connectivity index (χ0n) is 17.4. The van der Waals surface area contributed by atoms with E-state index < -0.39 is 11.5 Å². The summed E-state index contributed by atoms with van der Waals surface area (Å²) >= 11 is 1.40. The minimum Gasteiger partial charge on any atom is -0.507 e. The van der Waals surface area contributed by atoms with Crippen LogP contribution < -0.4 is 10.5 Å². The van der Waals surface area contributed by atoms with E-state index in [-0.39, 0.29) is 18.9 Å². The molecule has 2 rings (SSSR count). The molecule has 1 heterocycles. The first-order valence-electron chi connectivity index (χ1n) is 9.70. The summed E-state index contributed by atoms with van der Waals surface area (Å²) in [4.78, 5) is 16.7. The van der Waals surface area contributed by atoms with Crippen LogP contribution in [0.15, 0.2) is 23.2 Å². The number of benzene rings is 1. The Morgan fingerprint density at radius 3 is 2.53 bits per heavy atom. The number of thioether (sulfide) groups is 1. The van der Waals surface area contributed by atoms with Gasteiger partial charge in [0.05, 0.1) is 33.0 Å². The summed E-state index contributed by atoms with van der Waals surface area (Å²) in [5.41, 5.74) is 4.93. The number of methoxy groups -OCH3 is 1. The zero-order chi connectivity index (χ0) is 21.8. The Morgan fingerprint density at radius 1 is 1.17 bits per heavy atom. The average Bonchev–Trinajstić information content (AvgIpc) is 3.14. The molecule has 0 amide bonds. The molecule has 30 heavy (non-hydrogen) atoms. The summed E-state index contributed by atoms with van der Waals surface area (Å²) in [5.74, 6) is 0.574. The lowest BCUT2D eigenvalue weighted by Crippen LogP contribution is -2.36. The maximum atomic E-state index is 12.2. The highest BCUT2D eigenvalue weighted by atomic mass is 32.2. The van der Waals surface area contributed by atoms with Gasteiger partial charge in [-0.3, -0.25) is 4.99 Å². The van der Waals surface area contributed by atoms with Crippen molar-refractivity contribution < 1.29 is 33.6 Å². The number of carbonyl (C=O) groups is 1. The lowest BCUT2D eigenvalue weighted by atomic mass is 10.1. The van der Waals surface area contributed by atoms with Crippen LogP contribution in [0.4, 0.5) is 0 Å². The molecule has 1 unspecified atom stereocenters. The summed E-state index contributed by atoms with van der Waals surface area (Å²) < 4.78 is 26.3. The molecule has 0 aliphatic carbocycles. The first kappa shape index (κ1) is 24.4. The van der Waals surface area contributed by atoms with Crippen LogP contribution in [0.3, 0.4) is 0 Å². The molecule has 3 N–H and O–H groups in total. The van der Waals surface area contributed by atoms with Gasteiger partial charge in [-0.05, 0) is 19.1 Å². The quantitative estimate of drug-likeness (QED) is 0.323. The maximum absolute atomic E-state index is 12.2. The molecule has 0 saturated carbocycles. The van der Waals surface area contributed by atoms with E-state index >= 15 is 0 Å². The first-order valence-corrected chi connectivity index (χ1v) is 10.7. The number of esters is 1. The molecule has 0 bridgehead atoms. The molecule has 0 aromatic heterocycles. The van der Waals surface area contributed by atoms with Gasteiger partial charge < -0.3 is 34.5 Å². The second kappa shape index (κ2) is 12.8. The number of phenols is 1. The monoisotopic (exact) mass is 442 g/mol. The average molecular weight is 443 g/mol. The van der Waals surface area contributed by atoms with Crippen molar-refractivity contribution in [2.45, 2.75) is 12.5 Å². The maximum Gasteiger partial charge on any atom is 0.334 e. The van der Waals surface area contributed by atoms with E-state index in [9.17, 15) is 9.90 Å². The minimum atomic E-state index is -0.985. The van der Waals surface area contributed by atoms with Crippen molar-refractivity contribution in [1.29, 1.82) is 0 Å². The van der Waals surface area contributed by atoms with Crippen LogP contribution in [0.1, 0.15) is 12.5 Å². The molecule has 1 aliphatic heterocycles. The summed E-state index contributed by atoms with van der Waals surface area (Å²) in [6.07, 6.45) is 0. The van der Waals surface area contributed by atoms with Gasteiger partial charge in [-0.25, -0.2) is 4.79 Å². The number of hydrogen-bond donors (Lipinski definition) is 2. The summed E-state index contributed by atoms with van der Waals surface area (Å²) in [6, 6.07) is 4.99. The second-order valence-corrected chi connectivity index (χ2v) is 7.61. The summed E-state index contributed by atoms with van der Waals surface area (Å²) in [6.45, 7) is 4.96. The van der Waals surface area contributed by atoms with Crippen molar-refractivity contribution in [3.8, 4) is 11.5 Å². The van der Waals surface area contributed by atoms with E-state index in [1.807, 2.05) is 0 Å². The van der Waals surface area contributed by atoms with Crippen molar-refractivity contribution in [1.82, 2.24) is 0 Å². The van der Waals surface area contributed by atoms with Crippen molar-refractivity contribution in [3.63, 3.8) is 0 Å². The molecule has 1 aromatic carbocycles. The third kappa shape index (κ3) is 7.44. The highest BCUT2D eigenvalue weighted by Gasteiger charge is 2.40. The van der Waals surface area contributed by atoms with Crippen LogP contribution in [-0.4, -0.2) is 87.3 Å². The number of aromatic hydroxyl groups is 1. The third-order valence-electron chi connectivity index (χ3n) is 4.13. The molecular weight excluding hydrogens is 412 g/mol. The van der Waals surface area contributed by atoms with Gasteiger partial charge in [-0.1, -0.05) is 0 Å². The molecule has 168 valence electrons. The van der Waals surface area contributed by atoms with Crippen molar-refractivity contribution in [3.05, 3.63) is 23.8 Å². The SMILES string of the molecule is COCCOCCOCCOc1ccc(C2=NC(C)(C(=O)OCCN)CS2)c(O)c1. The minimum absolute atomic E-state index is 0.0331. The van der Waals surface area contributed by atoms with Gasteiger partial charge in [0.15, 0.2) is 5.54 Å². The molecule has 0 fully saturated rings. The molecule has 1 aromatic rings.